The van der Waals surface area contributed by atoms with Gasteiger partial charge >= 0.3 is 0 Å². The summed E-state index contributed by atoms with van der Waals surface area (Å²) in [6.45, 7) is 0. The molecule has 6 rings (SSSR count). The smallest absolute Gasteiger partial charge is 0.144 e. The molecule has 0 bridgehead atoms. The fourth-order valence-corrected chi connectivity index (χ4v) is 4.70. The van der Waals surface area contributed by atoms with Crippen molar-refractivity contribution in [2.75, 3.05) is 0 Å². The summed E-state index contributed by atoms with van der Waals surface area (Å²) in [5.74, 6) is 0. The van der Waals surface area contributed by atoms with Crippen LogP contribution in [0.1, 0.15) is 0 Å². The monoisotopic (exact) mass is 430 g/mol. The van der Waals surface area contributed by atoms with Crippen LogP contribution in [-0.2, 0) is 0 Å². The van der Waals surface area contributed by atoms with Gasteiger partial charge in [0.15, 0.2) is 0 Å². The molecule has 0 radical (unpaired) electrons. The summed E-state index contributed by atoms with van der Waals surface area (Å²) in [4.78, 5) is 0. The van der Waals surface area contributed by atoms with Crippen LogP contribution in [0, 0.1) is 0 Å². The SMILES string of the molecule is Clc1ccc(-c2ccc(-c3ccccc3)c(-c3ccccc3)c2)c2oc3ccccc3c12. The lowest BCUT2D eigenvalue weighted by molar-refractivity contribution is 0.670. The van der Waals surface area contributed by atoms with Crippen LogP contribution in [0.25, 0.3) is 55.3 Å². The van der Waals surface area contributed by atoms with E-state index in [0.717, 1.165) is 33.1 Å². The van der Waals surface area contributed by atoms with Crippen LogP contribution >= 0.6 is 11.6 Å². The van der Waals surface area contributed by atoms with Crippen LogP contribution in [0.5, 0.6) is 0 Å². The van der Waals surface area contributed by atoms with Crippen molar-refractivity contribution in [1.82, 2.24) is 0 Å². The number of fused-ring (bicyclic) bond motifs is 3. The highest BCUT2D eigenvalue weighted by Crippen LogP contribution is 2.42. The summed E-state index contributed by atoms with van der Waals surface area (Å²) in [6.07, 6.45) is 0. The van der Waals surface area contributed by atoms with Gasteiger partial charge in [0, 0.05) is 16.3 Å². The van der Waals surface area contributed by atoms with Crippen LogP contribution in [0.15, 0.2) is 120 Å². The van der Waals surface area contributed by atoms with Crippen molar-refractivity contribution in [1.29, 1.82) is 0 Å². The zero-order valence-corrected chi connectivity index (χ0v) is 18.0. The minimum absolute atomic E-state index is 0.706. The number of halogens is 1. The van der Waals surface area contributed by atoms with Gasteiger partial charge in [0.2, 0.25) is 0 Å². The molecule has 0 aliphatic heterocycles. The van der Waals surface area contributed by atoms with Crippen LogP contribution in [0.3, 0.4) is 0 Å². The molecule has 0 saturated carbocycles. The fourth-order valence-electron chi connectivity index (χ4n) is 4.45. The first kappa shape index (κ1) is 18.9. The number of hydrogen-bond donors (Lipinski definition) is 0. The van der Waals surface area contributed by atoms with Crippen molar-refractivity contribution >= 4 is 33.5 Å². The predicted molar refractivity (Wildman–Crippen MR) is 135 cm³/mol. The molecule has 0 N–H and O–H groups in total. The molecular formula is C30H19ClO. The third-order valence-electron chi connectivity index (χ3n) is 5.98. The standard InChI is InChI=1S/C30H19ClO/c31-27-18-17-24(30-29(27)25-13-7-8-14-28(25)32-30)22-15-16-23(20-9-3-1-4-10-20)26(19-22)21-11-5-2-6-12-21/h1-19H. The zero-order chi connectivity index (χ0) is 21.5. The summed E-state index contributed by atoms with van der Waals surface area (Å²) in [6, 6.07) is 39.7. The van der Waals surface area contributed by atoms with Gasteiger partial charge in [0.05, 0.1) is 5.02 Å². The number of rotatable bonds is 3. The van der Waals surface area contributed by atoms with Gasteiger partial charge in [-0.3, -0.25) is 0 Å². The van der Waals surface area contributed by atoms with E-state index < -0.39 is 0 Å². The Balaban J connectivity index is 1.62. The van der Waals surface area contributed by atoms with Gasteiger partial charge in [-0.2, -0.15) is 0 Å². The maximum absolute atomic E-state index is 6.61. The second kappa shape index (κ2) is 7.71. The summed E-state index contributed by atoms with van der Waals surface area (Å²) in [5.41, 5.74) is 8.59. The highest BCUT2D eigenvalue weighted by Gasteiger charge is 2.17. The van der Waals surface area contributed by atoms with Crippen molar-refractivity contribution < 1.29 is 4.42 Å². The first-order valence-corrected chi connectivity index (χ1v) is 11.0. The van der Waals surface area contributed by atoms with E-state index in [2.05, 4.69) is 78.9 Å². The number of benzene rings is 5. The van der Waals surface area contributed by atoms with E-state index >= 15 is 0 Å². The molecule has 152 valence electrons. The molecule has 1 heterocycles. The van der Waals surface area contributed by atoms with Gasteiger partial charge in [-0.25, -0.2) is 0 Å². The van der Waals surface area contributed by atoms with Crippen LogP contribution in [0.2, 0.25) is 5.02 Å². The highest BCUT2D eigenvalue weighted by molar-refractivity contribution is 6.38. The molecule has 0 aliphatic rings. The normalized spacial score (nSPS) is 11.3. The summed E-state index contributed by atoms with van der Waals surface area (Å²) < 4.78 is 6.29. The predicted octanol–water partition coefficient (Wildman–Crippen LogP) is 9.24. The second-order valence-electron chi connectivity index (χ2n) is 7.89. The van der Waals surface area contributed by atoms with Crippen molar-refractivity contribution in [2.24, 2.45) is 0 Å². The number of hydrogen-bond acceptors (Lipinski definition) is 1. The van der Waals surface area contributed by atoms with Crippen molar-refractivity contribution in [3.05, 3.63) is 120 Å². The topological polar surface area (TPSA) is 13.1 Å². The van der Waals surface area contributed by atoms with Gasteiger partial charge in [-0.15, -0.1) is 0 Å². The van der Waals surface area contributed by atoms with Gasteiger partial charge in [-0.05, 0) is 52.1 Å². The van der Waals surface area contributed by atoms with Crippen LogP contribution in [0.4, 0.5) is 0 Å². The van der Waals surface area contributed by atoms with Crippen molar-refractivity contribution in [3.8, 4) is 33.4 Å². The van der Waals surface area contributed by atoms with E-state index in [-0.39, 0.29) is 0 Å². The lowest BCUT2D eigenvalue weighted by atomic mass is 9.91. The lowest BCUT2D eigenvalue weighted by Gasteiger charge is -2.13. The number of furan rings is 1. The molecule has 0 saturated heterocycles. The summed E-state index contributed by atoms with van der Waals surface area (Å²) in [7, 11) is 0. The molecule has 0 fully saturated rings. The van der Waals surface area contributed by atoms with Crippen molar-refractivity contribution in [3.63, 3.8) is 0 Å². The molecule has 5 aromatic carbocycles. The molecular weight excluding hydrogens is 412 g/mol. The minimum atomic E-state index is 0.706. The fraction of sp³-hybridized carbons (Fsp3) is 0. The molecule has 0 amide bonds. The molecule has 6 aromatic rings. The molecule has 1 nitrogen and oxygen atoms in total. The Labute approximate surface area is 191 Å². The van der Waals surface area contributed by atoms with Crippen LogP contribution < -0.4 is 0 Å². The van der Waals surface area contributed by atoms with E-state index in [1.165, 1.54) is 22.3 Å². The third kappa shape index (κ3) is 3.10. The second-order valence-corrected chi connectivity index (χ2v) is 8.30. The Morgan fingerprint density at radius 3 is 1.88 bits per heavy atom. The molecule has 0 spiro atoms. The minimum Gasteiger partial charge on any atom is -0.455 e. The maximum Gasteiger partial charge on any atom is 0.144 e. The molecule has 2 heteroatoms. The zero-order valence-electron chi connectivity index (χ0n) is 17.3. The van der Waals surface area contributed by atoms with E-state index in [9.17, 15) is 0 Å². The molecule has 0 atom stereocenters. The Hall–Kier alpha value is -3.81. The summed E-state index contributed by atoms with van der Waals surface area (Å²) in [5, 5.41) is 2.71. The Morgan fingerprint density at radius 1 is 0.500 bits per heavy atom. The molecule has 0 aliphatic carbocycles. The Morgan fingerprint density at radius 2 is 1.12 bits per heavy atom. The highest BCUT2D eigenvalue weighted by atomic mass is 35.5. The van der Waals surface area contributed by atoms with E-state index in [4.69, 9.17) is 16.0 Å². The molecule has 1 aromatic heterocycles. The quantitative estimate of drug-likeness (QED) is 0.272. The van der Waals surface area contributed by atoms with E-state index in [1.807, 2.05) is 36.4 Å². The molecule has 32 heavy (non-hydrogen) atoms. The maximum atomic E-state index is 6.61. The lowest BCUT2D eigenvalue weighted by Crippen LogP contribution is -1.88. The van der Waals surface area contributed by atoms with Gasteiger partial charge < -0.3 is 4.42 Å². The Kier molecular flexibility index (Phi) is 4.56. The average molecular weight is 431 g/mol. The van der Waals surface area contributed by atoms with Crippen LogP contribution in [-0.4, -0.2) is 0 Å². The van der Waals surface area contributed by atoms with Gasteiger partial charge in [-0.1, -0.05) is 103 Å². The van der Waals surface area contributed by atoms with Gasteiger partial charge in [0.25, 0.3) is 0 Å². The largest absolute Gasteiger partial charge is 0.455 e. The molecule has 0 unspecified atom stereocenters. The average Bonchev–Trinajstić information content (AvgIpc) is 3.25. The van der Waals surface area contributed by atoms with Crippen molar-refractivity contribution in [2.45, 2.75) is 0 Å². The third-order valence-corrected chi connectivity index (χ3v) is 6.29. The Bertz CT molecular complexity index is 1560. The number of para-hydroxylation sites is 1. The summed E-state index contributed by atoms with van der Waals surface area (Å²) >= 11 is 6.61. The van der Waals surface area contributed by atoms with Gasteiger partial charge in [0.1, 0.15) is 11.2 Å². The van der Waals surface area contributed by atoms with E-state index in [0.29, 0.717) is 5.02 Å². The first-order chi connectivity index (χ1) is 15.8. The van der Waals surface area contributed by atoms with E-state index in [1.54, 1.807) is 0 Å². The first-order valence-electron chi connectivity index (χ1n) is 10.6.